The molecule has 2 atom stereocenters. The van der Waals surface area contributed by atoms with E-state index in [1.807, 2.05) is 0 Å². The van der Waals surface area contributed by atoms with Crippen molar-refractivity contribution in [2.45, 2.75) is 13.3 Å². The van der Waals surface area contributed by atoms with Gasteiger partial charge in [-0.2, -0.15) is 0 Å². The number of rotatable bonds is 9. The highest BCUT2D eigenvalue weighted by Crippen LogP contribution is 2.54. The maximum absolute atomic E-state index is 11.8. The minimum atomic E-state index is -0.683. The van der Waals surface area contributed by atoms with Gasteiger partial charge in [-0.05, 0) is 19.3 Å². The summed E-state index contributed by atoms with van der Waals surface area (Å²) in [4.78, 5) is 32.0. The number of allylic oxidation sites excluding steroid dienone is 1. The summed E-state index contributed by atoms with van der Waals surface area (Å²) in [5.41, 5.74) is -0.683. The third-order valence-corrected chi connectivity index (χ3v) is 3.02. The molecule has 0 heterocycles. The molecule has 0 aromatic carbocycles. The molecule has 0 radical (unpaired) electrons. The monoisotopic (exact) mass is 290 g/mol. The first-order chi connectivity index (χ1) is 9.06. The summed E-state index contributed by atoms with van der Waals surface area (Å²) in [6.45, 7) is 5.95. The molecule has 0 bridgehead atoms. The van der Waals surface area contributed by atoms with Crippen molar-refractivity contribution in [1.82, 2.24) is 0 Å². The maximum atomic E-state index is 11.8. The SMILES string of the molecule is C=CC1CC1(COOCCOC(=O)S)C(=O)OCC. The molecule has 2 unspecified atom stereocenters. The summed E-state index contributed by atoms with van der Waals surface area (Å²) in [5.74, 6) is -0.254. The summed E-state index contributed by atoms with van der Waals surface area (Å²) in [6.07, 6.45) is 2.35. The van der Waals surface area contributed by atoms with Crippen molar-refractivity contribution in [2.75, 3.05) is 26.4 Å². The second kappa shape index (κ2) is 7.52. The van der Waals surface area contributed by atoms with Crippen LogP contribution in [0.15, 0.2) is 12.7 Å². The first-order valence-corrected chi connectivity index (χ1v) is 6.41. The van der Waals surface area contributed by atoms with E-state index in [0.29, 0.717) is 13.0 Å². The van der Waals surface area contributed by atoms with Crippen LogP contribution in [0, 0.1) is 11.3 Å². The number of carbonyl (C=O) groups is 2. The Labute approximate surface area is 117 Å². The fourth-order valence-corrected chi connectivity index (χ4v) is 1.84. The molecule has 1 rings (SSSR count). The van der Waals surface area contributed by atoms with Gasteiger partial charge >= 0.3 is 11.3 Å². The van der Waals surface area contributed by atoms with Crippen molar-refractivity contribution in [3.05, 3.63) is 12.7 Å². The molecule has 1 saturated carbocycles. The third-order valence-electron chi connectivity index (χ3n) is 2.89. The lowest BCUT2D eigenvalue weighted by molar-refractivity contribution is -0.306. The molecular weight excluding hydrogens is 272 g/mol. The van der Waals surface area contributed by atoms with Gasteiger partial charge in [0, 0.05) is 0 Å². The van der Waals surface area contributed by atoms with E-state index in [4.69, 9.17) is 14.5 Å². The van der Waals surface area contributed by atoms with Crippen LogP contribution in [0.2, 0.25) is 0 Å². The predicted octanol–water partition coefficient (Wildman–Crippen LogP) is 1.76. The van der Waals surface area contributed by atoms with Gasteiger partial charge < -0.3 is 9.47 Å². The van der Waals surface area contributed by atoms with Gasteiger partial charge in [0.1, 0.15) is 18.6 Å². The van der Waals surface area contributed by atoms with Crippen molar-refractivity contribution in [3.63, 3.8) is 0 Å². The summed E-state index contributed by atoms with van der Waals surface area (Å²) in [6, 6.07) is 0. The smallest absolute Gasteiger partial charge is 0.364 e. The molecule has 1 aliphatic carbocycles. The molecule has 108 valence electrons. The number of thiol groups is 1. The van der Waals surface area contributed by atoms with Crippen LogP contribution in [-0.4, -0.2) is 37.7 Å². The zero-order valence-corrected chi connectivity index (χ0v) is 11.7. The van der Waals surface area contributed by atoms with E-state index < -0.39 is 10.7 Å². The zero-order valence-electron chi connectivity index (χ0n) is 10.8. The average molecular weight is 290 g/mol. The van der Waals surface area contributed by atoms with Crippen molar-refractivity contribution >= 4 is 23.9 Å². The normalized spacial score (nSPS) is 24.6. The van der Waals surface area contributed by atoms with E-state index in [1.54, 1.807) is 13.0 Å². The highest BCUT2D eigenvalue weighted by molar-refractivity contribution is 7.96. The fourth-order valence-electron chi connectivity index (χ4n) is 1.75. The van der Waals surface area contributed by atoms with Crippen LogP contribution in [0.5, 0.6) is 0 Å². The van der Waals surface area contributed by atoms with E-state index in [9.17, 15) is 9.59 Å². The molecule has 1 fully saturated rings. The van der Waals surface area contributed by atoms with Crippen molar-refractivity contribution < 1.29 is 28.8 Å². The highest BCUT2D eigenvalue weighted by atomic mass is 32.1. The number of carbonyl (C=O) groups excluding carboxylic acids is 2. The molecule has 0 spiro atoms. The Bertz CT molecular complexity index is 345. The van der Waals surface area contributed by atoms with Crippen LogP contribution in [0.3, 0.4) is 0 Å². The highest BCUT2D eigenvalue weighted by Gasteiger charge is 2.60. The lowest BCUT2D eigenvalue weighted by atomic mass is 10.1. The lowest BCUT2D eigenvalue weighted by Crippen LogP contribution is -2.26. The van der Waals surface area contributed by atoms with Crippen LogP contribution >= 0.6 is 12.6 Å². The molecule has 1 aliphatic rings. The topological polar surface area (TPSA) is 71.1 Å². The number of esters is 1. The molecule has 0 saturated heterocycles. The Kier molecular flexibility index (Phi) is 6.33. The van der Waals surface area contributed by atoms with Gasteiger partial charge in [-0.25, -0.2) is 14.6 Å². The van der Waals surface area contributed by atoms with Crippen molar-refractivity contribution in [2.24, 2.45) is 11.3 Å². The largest absolute Gasteiger partial charge is 0.465 e. The minimum absolute atomic E-state index is 0.0413. The molecule has 7 heteroatoms. The van der Waals surface area contributed by atoms with Crippen molar-refractivity contribution in [3.8, 4) is 0 Å². The standard InChI is InChI=1S/C12H18O6S/c1-3-9-7-12(9,10(13)15-4-2)8-18-17-6-5-16-11(14)19/h3,9H,1,4-8H2,2H3,(H,14,19). The molecule has 0 aromatic rings. The van der Waals surface area contributed by atoms with E-state index in [2.05, 4.69) is 23.9 Å². The molecule has 0 N–H and O–H groups in total. The van der Waals surface area contributed by atoms with Gasteiger partial charge in [0.15, 0.2) is 0 Å². The summed E-state index contributed by atoms with van der Waals surface area (Å²) >= 11 is 3.42. The quantitative estimate of drug-likeness (QED) is 0.174. The molecule has 0 amide bonds. The Morgan fingerprint density at radius 3 is 2.63 bits per heavy atom. The van der Waals surface area contributed by atoms with Crippen LogP contribution in [0.4, 0.5) is 4.79 Å². The maximum Gasteiger partial charge on any atom is 0.364 e. The van der Waals surface area contributed by atoms with Crippen LogP contribution in [0.1, 0.15) is 13.3 Å². The molecule has 0 aromatic heterocycles. The van der Waals surface area contributed by atoms with Crippen molar-refractivity contribution in [1.29, 1.82) is 0 Å². The Morgan fingerprint density at radius 1 is 1.37 bits per heavy atom. The Morgan fingerprint density at radius 2 is 2.11 bits per heavy atom. The van der Waals surface area contributed by atoms with Crippen LogP contribution in [-0.2, 0) is 24.0 Å². The average Bonchev–Trinajstić information content (AvgIpc) is 3.08. The van der Waals surface area contributed by atoms with Gasteiger partial charge in [-0.15, -0.1) is 6.58 Å². The molecule has 19 heavy (non-hydrogen) atoms. The summed E-state index contributed by atoms with van der Waals surface area (Å²) < 4.78 is 9.54. The van der Waals surface area contributed by atoms with E-state index in [-0.39, 0.29) is 31.7 Å². The Balaban J connectivity index is 2.26. The molecule has 0 aliphatic heterocycles. The van der Waals surface area contributed by atoms with Gasteiger partial charge in [-0.1, -0.05) is 18.7 Å². The number of hydrogen-bond donors (Lipinski definition) is 1. The zero-order chi connectivity index (χ0) is 14.3. The first-order valence-electron chi connectivity index (χ1n) is 5.96. The third kappa shape index (κ3) is 4.52. The first kappa shape index (κ1) is 16.0. The number of hydrogen-bond acceptors (Lipinski definition) is 6. The molecular formula is C12H18O6S. The van der Waals surface area contributed by atoms with E-state index in [0.717, 1.165) is 0 Å². The van der Waals surface area contributed by atoms with Gasteiger partial charge in [0.25, 0.3) is 0 Å². The summed E-state index contributed by atoms with van der Waals surface area (Å²) in [7, 11) is 0. The Hall–Kier alpha value is -1.05. The van der Waals surface area contributed by atoms with Gasteiger partial charge in [0.2, 0.25) is 0 Å². The second-order valence-corrected chi connectivity index (χ2v) is 4.49. The van der Waals surface area contributed by atoms with E-state index in [1.165, 1.54) is 0 Å². The molecule has 6 nitrogen and oxygen atoms in total. The fraction of sp³-hybridized carbons (Fsp3) is 0.667. The van der Waals surface area contributed by atoms with Gasteiger partial charge in [0.05, 0.1) is 13.2 Å². The van der Waals surface area contributed by atoms with Crippen LogP contribution in [0.25, 0.3) is 0 Å². The second-order valence-electron chi connectivity index (χ2n) is 4.12. The lowest BCUT2D eigenvalue weighted by Gasteiger charge is -2.14. The summed E-state index contributed by atoms with van der Waals surface area (Å²) in [5, 5.41) is -0.680. The number of ether oxygens (including phenoxy) is 2. The van der Waals surface area contributed by atoms with Gasteiger partial charge in [-0.3, -0.25) is 4.79 Å². The predicted molar refractivity (Wildman–Crippen MR) is 69.6 cm³/mol. The van der Waals surface area contributed by atoms with Crippen LogP contribution < -0.4 is 0 Å². The minimum Gasteiger partial charge on any atom is -0.465 e. The van der Waals surface area contributed by atoms with E-state index >= 15 is 0 Å².